The fraction of sp³-hybridized carbons (Fsp3) is 0.321. The molecule has 1 fully saturated rings. The number of aromatic amines is 1. The van der Waals surface area contributed by atoms with Crippen LogP contribution in [0.2, 0.25) is 10.0 Å². The van der Waals surface area contributed by atoms with Gasteiger partial charge in [-0.15, -0.1) is 0 Å². The molecule has 2 aromatic heterocycles. The lowest BCUT2D eigenvalue weighted by atomic mass is 10.1. The lowest BCUT2D eigenvalue weighted by Gasteiger charge is -2.24. The number of nitrogens with one attached hydrogen (secondary N) is 2. The van der Waals surface area contributed by atoms with Gasteiger partial charge in [0, 0.05) is 67.9 Å². The Bertz CT molecular complexity index is 1540. The average Bonchev–Trinajstić information content (AvgIpc) is 3.72. The van der Waals surface area contributed by atoms with Crippen LogP contribution in [0.3, 0.4) is 0 Å². The molecule has 1 aliphatic rings. The number of hydrogen-bond donors (Lipinski definition) is 2. The van der Waals surface area contributed by atoms with Gasteiger partial charge in [-0.05, 0) is 59.8 Å². The maximum atomic E-state index is 13.2. The van der Waals surface area contributed by atoms with E-state index in [1.54, 1.807) is 31.6 Å². The molecule has 1 aliphatic heterocycles. The van der Waals surface area contributed by atoms with Crippen molar-refractivity contribution in [3.8, 4) is 28.4 Å². The van der Waals surface area contributed by atoms with Gasteiger partial charge >= 0.3 is 0 Å². The van der Waals surface area contributed by atoms with Crippen LogP contribution in [-0.4, -0.2) is 67.4 Å². The highest BCUT2D eigenvalue weighted by molar-refractivity contribution is 7.87. The van der Waals surface area contributed by atoms with E-state index in [-0.39, 0.29) is 12.6 Å². The first-order valence-corrected chi connectivity index (χ1v) is 16.0. The molecule has 8 nitrogen and oxygen atoms in total. The number of halogens is 2. The molecule has 1 unspecified atom stereocenters. The van der Waals surface area contributed by atoms with Gasteiger partial charge in [-0.1, -0.05) is 29.3 Å². The van der Waals surface area contributed by atoms with Crippen LogP contribution in [0.5, 0.6) is 5.75 Å². The molecule has 0 amide bonds. The monoisotopic (exact) mass is 619 g/mol. The van der Waals surface area contributed by atoms with Gasteiger partial charge in [0.05, 0.1) is 22.8 Å². The molecular weight excluding hydrogens is 589 g/mol. The Balaban J connectivity index is 1.22. The summed E-state index contributed by atoms with van der Waals surface area (Å²) in [6, 6.07) is 15.2. The number of aromatic nitrogens is 2. The van der Waals surface area contributed by atoms with Crippen LogP contribution in [-0.2, 0) is 23.2 Å². The minimum absolute atomic E-state index is 0.118. The number of rotatable bonds is 11. The van der Waals surface area contributed by atoms with Crippen LogP contribution in [0.15, 0.2) is 59.3 Å². The predicted molar refractivity (Wildman–Crippen MR) is 162 cm³/mol. The second kappa shape index (κ2) is 12.6. The van der Waals surface area contributed by atoms with E-state index in [4.69, 9.17) is 32.9 Å². The van der Waals surface area contributed by atoms with Crippen molar-refractivity contribution in [2.45, 2.75) is 25.4 Å². The number of methoxy groups -OCH3 is 1. The Morgan fingerprint density at radius 3 is 2.65 bits per heavy atom. The third kappa shape index (κ3) is 6.71. The van der Waals surface area contributed by atoms with E-state index in [1.807, 2.05) is 53.2 Å². The number of likely N-dealkylation sites (tertiary alicyclic amines) is 1. The van der Waals surface area contributed by atoms with E-state index in [2.05, 4.69) is 14.6 Å². The van der Waals surface area contributed by atoms with Crippen molar-refractivity contribution in [1.82, 2.24) is 23.9 Å². The molecule has 0 aliphatic carbocycles. The summed E-state index contributed by atoms with van der Waals surface area (Å²) < 4.78 is 35.9. The molecule has 0 spiro atoms. The summed E-state index contributed by atoms with van der Waals surface area (Å²) in [7, 11) is -0.404. The molecule has 1 atom stereocenters. The van der Waals surface area contributed by atoms with Crippen molar-refractivity contribution in [2.24, 2.45) is 0 Å². The van der Waals surface area contributed by atoms with Gasteiger partial charge in [0.25, 0.3) is 10.2 Å². The second-order valence-corrected chi connectivity index (χ2v) is 13.2. The van der Waals surface area contributed by atoms with E-state index in [0.717, 1.165) is 52.6 Å². The maximum Gasteiger partial charge on any atom is 0.279 e. The van der Waals surface area contributed by atoms with E-state index < -0.39 is 10.2 Å². The summed E-state index contributed by atoms with van der Waals surface area (Å²) in [6.45, 7) is 2.37. The quantitative estimate of drug-likeness (QED) is 0.225. The van der Waals surface area contributed by atoms with Gasteiger partial charge in [0.15, 0.2) is 0 Å². The standard InChI is InChI=1S/C28H31Cl2N5O3S2/c1-34(22-10-13-35(17-22)16-19-3-8-24(29)25(30)15-19)40(36,37)31-12-9-26-27(20-4-6-23(38-2)7-5-20)33-28(32-26)21-11-14-39-18-21/h3-8,11,14-15,18,22,31H,9-10,12-13,16-17H2,1-2H3,(H,32,33). The number of likely N-dealkylation sites (N-methyl/N-ethyl adjacent to an activating group) is 1. The number of benzene rings is 2. The lowest BCUT2D eigenvalue weighted by Crippen LogP contribution is -2.45. The summed E-state index contributed by atoms with van der Waals surface area (Å²) in [5.74, 6) is 1.52. The topological polar surface area (TPSA) is 90.6 Å². The summed E-state index contributed by atoms with van der Waals surface area (Å²) in [4.78, 5) is 10.5. The highest BCUT2D eigenvalue weighted by Crippen LogP contribution is 2.29. The summed E-state index contributed by atoms with van der Waals surface area (Å²) in [5, 5.41) is 5.08. The third-order valence-electron chi connectivity index (χ3n) is 7.13. The minimum Gasteiger partial charge on any atom is -0.497 e. The molecule has 0 radical (unpaired) electrons. The smallest absolute Gasteiger partial charge is 0.279 e. The van der Waals surface area contributed by atoms with Gasteiger partial charge in [-0.3, -0.25) is 4.90 Å². The molecular formula is C28H31Cl2N5O3S2. The highest BCUT2D eigenvalue weighted by Gasteiger charge is 2.32. The predicted octanol–water partition coefficient (Wildman–Crippen LogP) is 5.70. The van der Waals surface area contributed by atoms with Gasteiger partial charge in [0.2, 0.25) is 0 Å². The van der Waals surface area contributed by atoms with E-state index in [9.17, 15) is 8.42 Å². The molecule has 2 N–H and O–H groups in total. The van der Waals surface area contributed by atoms with Gasteiger partial charge in [-0.25, -0.2) is 9.71 Å². The van der Waals surface area contributed by atoms with E-state index in [1.165, 1.54) is 4.31 Å². The largest absolute Gasteiger partial charge is 0.497 e. The van der Waals surface area contributed by atoms with Crippen molar-refractivity contribution in [2.75, 3.05) is 33.8 Å². The lowest BCUT2D eigenvalue weighted by molar-refractivity contribution is 0.297. The Morgan fingerprint density at radius 2 is 1.95 bits per heavy atom. The molecule has 0 bridgehead atoms. The summed E-state index contributed by atoms with van der Waals surface area (Å²) >= 11 is 13.8. The van der Waals surface area contributed by atoms with Crippen molar-refractivity contribution < 1.29 is 13.2 Å². The Kier molecular flexibility index (Phi) is 9.16. The zero-order valence-electron chi connectivity index (χ0n) is 22.2. The van der Waals surface area contributed by atoms with Crippen molar-refractivity contribution in [1.29, 1.82) is 0 Å². The molecule has 212 valence electrons. The number of ether oxygens (including phenoxy) is 1. The summed E-state index contributed by atoms with van der Waals surface area (Å²) in [6.07, 6.45) is 1.21. The highest BCUT2D eigenvalue weighted by atomic mass is 35.5. The SMILES string of the molecule is COc1ccc(-c2nc(-c3ccsc3)[nH]c2CCNS(=O)(=O)N(C)C2CCN(Cc3ccc(Cl)c(Cl)c3)C2)cc1. The number of thiophene rings is 1. The first-order valence-electron chi connectivity index (χ1n) is 12.9. The number of nitrogens with zero attached hydrogens (tertiary/aromatic N) is 3. The van der Waals surface area contributed by atoms with E-state index in [0.29, 0.717) is 29.6 Å². The third-order valence-corrected chi connectivity index (χ3v) is 10.2. The van der Waals surface area contributed by atoms with Crippen LogP contribution >= 0.6 is 34.5 Å². The second-order valence-electron chi connectivity index (χ2n) is 9.74. The zero-order chi connectivity index (χ0) is 28.3. The number of imidazole rings is 1. The molecule has 3 heterocycles. The number of hydrogen-bond acceptors (Lipinski definition) is 6. The average molecular weight is 621 g/mol. The Morgan fingerprint density at radius 1 is 1.15 bits per heavy atom. The number of H-pyrrole nitrogens is 1. The summed E-state index contributed by atoms with van der Waals surface area (Å²) in [5.41, 5.74) is 4.64. The van der Waals surface area contributed by atoms with Crippen LogP contribution in [0.4, 0.5) is 0 Å². The minimum atomic E-state index is -3.68. The fourth-order valence-corrected chi connectivity index (χ4v) is 6.96. The van der Waals surface area contributed by atoms with Crippen molar-refractivity contribution >= 4 is 44.7 Å². The maximum absolute atomic E-state index is 13.2. The molecule has 40 heavy (non-hydrogen) atoms. The molecule has 12 heteroatoms. The van der Waals surface area contributed by atoms with E-state index >= 15 is 0 Å². The molecule has 2 aromatic carbocycles. The van der Waals surface area contributed by atoms with Crippen LogP contribution in [0.1, 0.15) is 17.7 Å². The van der Waals surface area contributed by atoms with Gasteiger partial charge < -0.3 is 9.72 Å². The van der Waals surface area contributed by atoms with Gasteiger partial charge in [0.1, 0.15) is 11.6 Å². The first kappa shape index (κ1) is 29.1. The Hall–Kier alpha value is -2.44. The fourth-order valence-electron chi connectivity index (χ4n) is 4.87. The molecule has 1 saturated heterocycles. The van der Waals surface area contributed by atoms with Gasteiger partial charge in [-0.2, -0.15) is 24.1 Å². The van der Waals surface area contributed by atoms with Crippen LogP contribution in [0, 0.1) is 0 Å². The normalized spacial score (nSPS) is 16.2. The molecule has 5 rings (SSSR count). The molecule has 0 saturated carbocycles. The van der Waals surface area contributed by atoms with Crippen LogP contribution < -0.4 is 9.46 Å². The first-order chi connectivity index (χ1) is 19.2. The van der Waals surface area contributed by atoms with Crippen molar-refractivity contribution in [3.05, 3.63) is 80.6 Å². The van der Waals surface area contributed by atoms with Crippen LogP contribution in [0.25, 0.3) is 22.6 Å². The zero-order valence-corrected chi connectivity index (χ0v) is 25.4. The molecule has 4 aromatic rings. The van der Waals surface area contributed by atoms with Crippen molar-refractivity contribution in [3.63, 3.8) is 0 Å². The Labute approximate surface area is 249 Å².